The summed E-state index contributed by atoms with van der Waals surface area (Å²) in [6, 6.07) is 3.47. The Hall–Kier alpha value is -0.770. The third kappa shape index (κ3) is 1.88. The highest BCUT2D eigenvalue weighted by atomic mass is 79.9. The molecule has 1 N–H and O–H groups in total. The summed E-state index contributed by atoms with van der Waals surface area (Å²) in [5, 5.41) is 2.44. The van der Waals surface area contributed by atoms with Crippen LogP contribution in [0.1, 0.15) is 5.76 Å². The lowest BCUT2D eigenvalue weighted by atomic mass is 10.5. The second kappa shape index (κ2) is 2.88. The molecular weight excluding hydrogens is 198 g/mol. The summed E-state index contributed by atoms with van der Waals surface area (Å²) in [5.41, 5.74) is 0. The van der Waals surface area contributed by atoms with Crippen molar-refractivity contribution in [3.63, 3.8) is 0 Å². The molecule has 0 aliphatic heterocycles. The number of aryl methyl sites for hydroxylation is 1. The number of hydrogen-bond donors (Lipinski definition) is 1. The normalized spacial score (nSPS) is 9.40. The van der Waals surface area contributed by atoms with Crippen molar-refractivity contribution in [2.75, 3.05) is 5.32 Å². The van der Waals surface area contributed by atoms with Crippen LogP contribution in [0.4, 0.5) is 10.7 Å². The number of hydrogen-bond acceptors (Lipinski definition) is 2. The van der Waals surface area contributed by atoms with Crippen molar-refractivity contribution in [1.29, 1.82) is 0 Å². The Morgan fingerprint density at radius 3 is 2.80 bits per heavy atom. The first kappa shape index (κ1) is 7.34. The molecule has 1 heterocycles. The molecule has 0 unspecified atom stereocenters. The molecule has 0 aliphatic carbocycles. The molecule has 1 amide bonds. The maximum Gasteiger partial charge on any atom is 0.293 e. The number of rotatable bonds is 1. The molecule has 0 spiro atoms. The molecule has 1 aromatic rings. The van der Waals surface area contributed by atoms with Gasteiger partial charge in [0.2, 0.25) is 0 Å². The zero-order chi connectivity index (χ0) is 7.56. The van der Waals surface area contributed by atoms with Gasteiger partial charge in [-0.25, -0.2) is 0 Å². The van der Waals surface area contributed by atoms with E-state index in [0.717, 1.165) is 5.76 Å². The maximum atomic E-state index is 10.4. The molecule has 0 aliphatic rings. The first-order valence-corrected chi connectivity index (χ1v) is 3.51. The molecule has 54 valence electrons. The standard InChI is InChI=1S/C6H6BrNO2/c1-4-2-3-5(10-4)8-6(7)9/h2-3H,1H3,(H,8,9). The van der Waals surface area contributed by atoms with Crippen LogP contribution in [0.15, 0.2) is 16.5 Å². The van der Waals surface area contributed by atoms with Gasteiger partial charge in [-0.3, -0.25) is 10.1 Å². The van der Waals surface area contributed by atoms with Crippen LogP contribution in [-0.2, 0) is 0 Å². The molecule has 0 saturated heterocycles. The lowest BCUT2D eigenvalue weighted by Crippen LogP contribution is -1.97. The number of carbonyl (C=O) groups excluding carboxylic acids is 1. The van der Waals surface area contributed by atoms with E-state index < -0.39 is 0 Å². The van der Waals surface area contributed by atoms with E-state index in [2.05, 4.69) is 21.2 Å². The molecule has 0 aromatic carbocycles. The lowest BCUT2D eigenvalue weighted by Gasteiger charge is -1.91. The van der Waals surface area contributed by atoms with Gasteiger partial charge in [-0.05, 0) is 13.0 Å². The zero-order valence-corrected chi connectivity index (χ0v) is 6.94. The van der Waals surface area contributed by atoms with Crippen LogP contribution < -0.4 is 5.32 Å². The predicted molar refractivity (Wildman–Crippen MR) is 41.4 cm³/mol. The van der Waals surface area contributed by atoms with E-state index in [0.29, 0.717) is 5.88 Å². The first-order chi connectivity index (χ1) is 4.68. The minimum atomic E-state index is -0.304. The van der Waals surface area contributed by atoms with E-state index in [-0.39, 0.29) is 4.82 Å². The van der Waals surface area contributed by atoms with E-state index in [4.69, 9.17) is 4.42 Å². The Labute approximate surface area is 66.5 Å². The summed E-state index contributed by atoms with van der Waals surface area (Å²) >= 11 is 2.71. The molecular formula is C6H6BrNO2. The molecule has 3 nitrogen and oxygen atoms in total. The number of amides is 1. The van der Waals surface area contributed by atoms with Gasteiger partial charge in [-0.15, -0.1) is 0 Å². The molecule has 10 heavy (non-hydrogen) atoms. The van der Waals surface area contributed by atoms with Crippen molar-refractivity contribution in [1.82, 2.24) is 0 Å². The quantitative estimate of drug-likeness (QED) is 0.564. The summed E-state index contributed by atoms with van der Waals surface area (Å²) in [6.45, 7) is 1.81. The van der Waals surface area contributed by atoms with Crippen LogP contribution in [0.5, 0.6) is 0 Å². The molecule has 1 rings (SSSR count). The van der Waals surface area contributed by atoms with Gasteiger partial charge < -0.3 is 4.42 Å². The largest absolute Gasteiger partial charge is 0.446 e. The predicted octanol–water partition coefficient (Wildman–Crippen LogP) is 2.51. The fourth-order valence-corrected chi connectivity index (χ4v) is 0.794. The average molecular weight is 204 g/mol. The second-order valence-corrected chi connectivity index (χ2v) is 2.53. The summed E-state index contributed by atoms with van der Waals surface area (Å²) in [5.74, 6) is 1.23. The SMILES string of the molecule is Cc1ccc(NC(=O)Br)o1. The minimum absolute atomic E-state index is 0.304. The number of halogens is 1. The summed E-state index contributed by atoms with van der Waals surface area (Å²) in [6.07, 6.45) is 0. The number of carbonyl (C=O) groups is 1. The summed E-state index contributed by atoms with van der Waals surface area (Å²) in [7, 11) is 0. The van der Waals surface area contributed by atoms with Gasteiger partial charge in [-0.2, -0.15) is 0 Å². The molecule has 4 heteroatoms. The molecule has 0 saturated carbocycles. The van der Waals surface area contributed by atoms with Crippen molar-refractivity contribution in [3.05, 3.63) is 17.9 Å². The maximum absolute atomic E-state index is 10.4. The van der Waals surface area contributed by atoms with Gasteiger partial charge in [0.15, 0.2) is 5.88 Å². The van der Waals surface area contributed by atoms with Crippen molar-refractivity contribution in [2.45, 2.75) is 6.92 Å². The fourth-order valence-electron chi connectivity index (χ4n) is 0.599. The number of anilines is 1. The summed E-state index contributed by atoms with van der Waals surface area (Å²) < 4.78 is 5.03. The second-order valence-electron chi connectivity index (χ2n) is 1.81. The van der Waals surface area contributed by atoms with Gasteiger partial charge in [0.05, 0.1) is 0 Å². The van der Waals surface area contributed by atoms with Gasteiger partial charge in [0, 0.05) is 22.0 Å². The summed E-state index contributed by atoms with van der Waals surface area (Å²) in [4.78, 5) is 10.1. The molecule has 1 aromatic heterocycles. The Morgan fingerprint density at radius 2 is 2.40 bits per heavy atom. The molecule has 0 atom stereocenters. The third-order valence-electron chi connectivity index (χ3n) is 0.962. The Kier molecular flexibility index (Phi) is 2.11. The van der Waals surface area contributed by atoms with Gasteiger partial charge >= 0.3 is 0 Å². The van der Waals surface area contributed by atoms with Gasteiger partial charge in [-0.1, -0.05) is 0 Å². The molecule has 0 fully saturated rings. The zero-order valence-electron chi connectivity index (χ0n) is 5.35. The van der Waals surface area contributed by atoms with E-state index in [1.165, 1.54) is 0 Å². The van der Waals surface area contributed by atoms with E-state index in [1.54, 1.807) is 12.1 Å². The third-order valence-corrected chi connectivity index (χ3v) is 1.16. The van der Waals surface area contributed by atoms with Crippen molar-refractivity contribution >= 4 is 26.6 Å². The average Bonchev–Trinajstić information content (AvgIpc) is 2.13. The minimum Gasteiger partial charge on any atom is -0.446 e. The topological polar surface area (TPSA) is 42.2 Å². The highest BCUT2D eigenvalue weighted by molar-refractivity contribution is 9.18. The molecule has 0 bridgehead atoms. The van der Waals surface area contributed by atoms with Crippen LogP contribution in [0.25, 0.3) is 0 Å². The smallest absolute Gasteiger partial charge is 0.293 e. The van der Waals surface area contributed by atoms with Crippen molar-refractivity contribution in [3.8, 4) is 0 Å². The van der Waals surface area contributed by atoms with Crippen LogP contribution in [0, 0.1) is 6.92 Å². The van der Waals surface area contributed by atoms with Crippen molar-refractivity contribution in [2.24, 2.45) is 0 Å². The Bertz CT molecular complexity index is 244. The van der Waals surface area contributed by atoms with Gasteiger partial charge in [0.25, 0.3) is 4.82 Å². The van der Waals surface area contributed by atoms with Gasteiger partial charge in [0.1, 0.15) is 5.76 Å². The lowest BCUT2D eigenvalue weighted by molar-refractivity contribution is 0.270. The van der Waals surface area contributed by atoms with Crippen LogP contribution >= 0.6 is 15.9 Å². The first-order valence-electron chi connectivity index (χ1n) is 2.71. The Balaban J connectivity index is 2.67. The van der Waals surface area contributed by atoms with E-state index in [9.17, 15) is 4.79 Å². The number of furan rings is 1. The van der Waals surface area contributed by atoms with Crippen LogP contribution in [0.2, 0.25) is 0 Å². The molecule has 0 radical (unpaired) electrons. The Morgan fingerprint density at radius 1 is 1.70 bits per heavy atom. The fraction of sp³-hybridized carbons (Fsp3) is 0.167. The monoisotopic (exact) mass is 203 g/mol. The highest BCUT2D eigenvalue weighted by Crippen LogP contribution is 2.12. The highest BCUT2D eigenvalue weighted by Gasteiger charge is 1.99. The number of nitrogens with one attached hydrogen (secondary N) is 1. The van der Waals surface area contributed by atoms with Crippen LogP contribution in [-0.4, -0.2) is 4.82 Å². The van der Waals surface area contributed by atoms with E-state index >= 15 is 0 Å². The van der Waals surface area contributed by atoms with E-state index in [1.807, 2.05) is 6.92 Å². The van der Waals surface area contributed by atoms with Crippen molar-refractivity contribution < 1.29 is 9.21 Å². The van der Waals surface area contributed by atoms with Crippen LogP contribution in [0.3, 0.4) is 0 Å².